The van der Waals surface area contributed by atoms with Crippen LogP contribution in [0.3, 0.4) is 0 Å². The molecule has 0 unspecified atom stereocenters. The summed E-state index contributed by atoms with van der Waals surface area (Å²) in [6.45, 7) is 4.82. The molecular formula is C11H20O3S. The highest BCUT2D eigenvalue weighted by Gasteiger charge is 2.43. The zero-order chi connectivity index (χ0) is 11.3. The van der Waals surface area contributed by atoms with E-state index in [1.165, 1.54) is 0 Å². The predicted molar refractivity (Wildman–Crippen MR) is 62.3 cm³/mol. The van der Waals surface area contributed by atoms with Crippen molar-refractivity contribution < 1.29 is 14.6 Å². The molecule has 1 fully saturated rings. The lowest BCUT2D eigenvalue weighted by Gasteiger charge is -2.12. The highest BCUT2D eigenvalue weighted by Crippen LogP contribution is 2.50. The maximum Gasteiger partial charge on any atom is 0.303 e. The van der Waals surface area contributed by atoms with Gasteiger partial charge in [-0.1, -0.05) is 0 Å². The van der Waals surface area contributed by atoms with Crippen LogP contribution in [0, 0.1) is 5.41 Å². The van der Waals surface area contributed by atoms with E-state index in [-0.39, 0.29) is 5.41 Å². The molecule has 1 saturated carbocycles. The third kappa shape index (κ3) is 5.42. The molecule has 3 nitrogen and oxygen atoms in total. The first-order valence-corrected chi connectivity index (χ1v) is 6.61. The van der Waals surface area contributed by atoms with Gasteiger partial charge in [0.2, 0.25) is 0 Å². The fraction of sp³-hybridized carbons (Fsp3) is 0.909. The van der Waals surface area contributed by atoms with Crippen LogP contribution in [0.25, 0.3) is 0 Å². The molecule has 1 rings (SSSR count). The maximum atomic E-state index is 10.6. The van der Waals surface area contributed by atoms with Gasteiger partial charge in [0.25, 0.3) is 0 Å². The largest absolute Gasteiger partial charge is 0.481 e. The van der Waals surface area contributed by atoms with Crippen molar-refractivity contribution in [1.29, 1.82) is 0 Å². The molecule has 4 heteroatoms. The minimum atomic E-state index is -0.661. The Hall–Kier alpha value is -0.220. The Morgan fingerprint density at radius 3 is 2.67 bits per heavy atom. The van der Waals surface area contributed by atoms with Crippen molar-refractivity contribution in [2.45, 2.75) is 39.2 Å². The summed E-state index contributed by atoms with van der Waals surface area (Å²) in [4.78, 5) is 10.6. The van der Waals surface area contributed by atoms with Crippen LogP contribution < -0.4 is 0 Å². The van der Waals surface area contributed by atoms with Crippen LogP contribution in [0.1, 0.15) is 33.1 Å². The van der Waals surface area contributed by atoms with Crippen molar-refractivity contribution >= 4 is 17.7 Å². The Bertz CT molecular complexity index is 212. The second kappa shape index (κ2) is 5.75. The van der Waals surface area contributed by atoms with Crippen LogP contribution in [-0.2, 0) is 9.53 Å². The molecule has 0 bridgehead atoms. The average Bonchev–Trinajstić information content (AvgIpc) is 2.83. The van der Waals surface area contributed by atoms with Crippen LogP contribution in [0.2, 0.25) is 0 Å². The third-order valence-corrected chi connectivity index (χ3v) is 3.84. The van der Waals surface area contributed by atoms with E-state index in [9.17, 15) is 4.79 Å². The van der Waals surface area contributed by atoms with Crippen LogP contribution in [0.5, 0.6) is 0 Å². The lowest BCUT2D eigenvalue weighted by Crippen LogP contribution is -2.12. The van der Waals surface area contributed by atoms with Gasteiger partial charge in [0.15, 0.2) is 0 Å². The van der Waals surface area contributed by atoms with Crippen molar-refractivity contribution in [3.8, 4) is 0 Å². The maximum absolute atomic E-state index is 10.6. The van der Waals surface area contributed by atoms with Crippen molar-refractivity contribution in [1.82, 2.24) is 0 Å². The van der Waals surface area contributed by atoms with Gasteiger partial charge in [-0.25, -0.2) is 0 Å². The number of carboxylic acid groups (broad SMARTS) is 1. The van der Waals surface area contributed by atoms with E-state index in [2.05, 4.69) is 0 Å². The molecule has 0 aromatic rings. The highest BCUT2D eigenvalue weighted by molar-refractivity contribution is 7.99. The first-order chi connectivity index (χ1) is 7.04. The van der Waals surface area contributed by atoms with Gasteiger partial charge >= 0.3 is 5.97 Å². The second-order valence-electron chi connectivity index (χ2n) is 4.54. The van der Waals surface area contributed by atoms with Gasteiger partial charge in [-0.05, 0) is 37.9 Å². The summed E-state index contributed by atoms with van der Waals surface area (Å²) in [6, 6.07) is 0. The number of hydrogen-bond donors (Lipinski definition) is 1. The monoisotopic (exact) mass is 232 g/mol. The van der Waals surface area contributed by atoms with Crippen molar-refractivity contribution in [2.24, 2.45) is 5.41 Å². The Kier molecular flexibility index (Phi) is 4.93. The highest BCUT2D eigenvalue weighted by atomic mass is 32.2. The van der Waals surface area contributed by atoms with E-state index >= 15 is 0 Å². The third-order valence-electron chi connectivity index (χ3n) is 2.57. The number of ether oxygens (including phenoxy) is 1. The van der Waals surface area contributed by atoms with E-state index in [4.69, 9.17) is 9.84 Å². The summed E-state index contributed by atoms with van der Waals surface area (Å²) in [5.74, 6) is 1.28. The van der Waals surface area contributed by atoms with Crippen molar-refractivity contribution in [3.63, 3.8) is 0 Å². The quantitative estimate of drug-likeness (QED) is 0.653. The first-order valence-electron chi connectivity index (χ1n) is 5.45. The summed E-state index contributed by atoms with van der Waals surface area (Å²) in [7, 11) is 0. The number of aliphatic carboxylic acids is 1. The van der Waals surface area contributed by atoms with E-state index in [0.29, 0.717) is 12.5 Å². The van der Waals surface area contributed by atoms with Gasteiger partial charge < -0.3 is 9.84 Å². The van der Waals surface area contributed by atoms with Crippen LogP contribution in [-0.4, -0.2) is 35.3 Å². The zero-order valence-corrected chi connectivity index (χ0v) is 10.3. The second-order valence-corrected chi connectivity index (χ2v) is 5.65. The van der Waals surface area contributed by atoms with E-state index in [1.807, 2.05) is 25.6 Å². The Morgan fingerprint density at radius 2 is 2.20 bits per heavy atom. The standard InChI is InChI=1S/C11H20O3S/c1-9(2)14-5-6-15-8-11(3-4-11)7-10(12)13/h9H,3-8H2,1-2H3,(H,12,13). The topological polar surface area (TPSA) is 46.5 Å². The average molecular weight is 232 g/mol. The molecular weight excluding hydrogens is 212 g/mol. The minimum absolute atomic E-state index is 0.119. The Labute approximate surface area is 95.6 Å². The molecule has 15 heavy (non-hydrogen) atoms. The lowest BCUT2D eigenvalue weighted by atomic mass is 10.1. The van der Waals surface area contributed by atoms with Crippen LogP contribution >= 0.6 is 11.8 Å². The molecule has 0 aromatic heterocycles. The van der Waals surface area contributed by atoms with E-state index in [0.717, 1.165) is 31.0 Å². The summed E-state index contributed by atoms with van der Waals surface area (Å²) in [6.07, 6.45) is 2.79. The first kappa shape index (κ1) is 12.8. The number of carboxylic acids is 1. The summed E-state index contributed by atoms with van der Waals surface area (Å²) in [5.41, 5.74) is 0.119. The molecule has 1 aliphatic rings. The molecule has 0 spiro atoms. The van der Waals surface area contributed by atoms with Gasteiger partial charge in [0.1, 0.15) is 0 Å². The van der Waals surface area contributed by atoms with E-state index < -0.39 is 5.97 Å². The fourth-order valence-electron chi connectivity index (χ4n) is 1.50. The number of thioether (sulfide) groups is 1. The zero-order valence-electron chi connectivity index (χ0n) is 9.49. The number of carbonyl (C=O) groups is 1. The minimum Gasteiger partial charge on any atom is -0.481 e. The molecule has 0 atom stereocenters. The lowest BCUT2D eigenvalue weighted by molar-refractivity contribution is -0.138. The fourth-order valence-corrected chi connectivity index (χ4v) is 2.68. The molecule has 88 valence electrons. The van der Waals surface area contributed by atoms with Gasteiger partial charge in [-0.3, -0.25) is 4.79 Å². The Balaban J connectivity index is 2.02. The van der Waals surface area contributed by atoms with Crippen LogP contribution in [0.15, 0.2) is 0 Å². The van der Waals surface area contributed by atoms with Crippen molar-refractivity contribution in [3.05, 3.63) is 0 Å². The summed E-state index contributed by atoms with van der Waals surface area (Å²) < 4.78 is 5.42. The molecule has 1 aliphatic carbocycles. The predicted octanol–water partition coefficient (Wildman–Crippen LogP) is 2.40. The summed E-state index contributed by atoms with van der Waals surface area (Å²) in [5, 5.41) is 8.73. The SMILES string of the molecule is CC(C)OCCSCC1(CC(=O)O)CC1. The smallest absolute Gasteiger partial charge is 0.303 e. The Morgan fingerprint density at radius 1 is 1.53 bits per heavy atom. The normalized spacial score (nSPS) is 18.1. The molecule has 0 radical (unpaired) electrons. The van der Waals surface area contributed by atoms with Gasteiger partial charge in [-0.2, -0.15) is 11.8 Å². The molecule has 0 amide bonds. The molecule has 1 N–H and O–H groups in total. The van der Waals surface area contributed by atoms with Crippen molar-refractivity contribution in [2.75, 3.05) is 18.1 Å². The number of hydrogen-bond acceptors (Lipinski definition) is 3. The molecule has 0 aliphatic heterocycles. The molecule has 0 aromatic carbocycles. The van der Waals surface area contributed by atoms with Gasteiger partial charge in [0, 0.05) is 5.75 Å². The number of rotatable bonds is 8. The van der Waals surface area contributed by atoms with Crippen LogP contribution in [0.4, 0.5) is 0 Å². The summed E-state index contributed by atoms with van der Waals surface area (Å²) >= 11 is 1.82. The molecule has 0 heterocycles. The van der Waals surface area contributed by atoms with Gasteiger partial charge in [0.05, 0.1) is 19.1 Å². The van der Waals surface area contributed by atoms with E-state index in [1.54, 1.807) is 0 Å². The van der Waals surface area contributed by atoms with Gasteiger partial charge in [-0.15, -0.1) is 0 Å². The molecule has 0 saturated heterocycles.